The highest BCUT2D eigenvalue weighted by Gasteiger charge is 2.20. The number of hydrogen-bond acceptors (Lipinski definition) is 4. The first-order valence-corrected chi connectivity index (χ1v) is 8.05. The zero-order valence-corrected chi connectivity index (χ0v) is 13.3. The van der Waals surface area contributed by atoms with Crippen LogP contribution in [-0.2, 0) is 10.0 Å². The number of sulfonamides is 1. The second-order valence-electron chi connectivity index (χ2n) is 4.92. The molecule has 0 saturated heterocycles. The van der Waals surface area contributed by atoms with Gasteiger partial charge in [-0.25, -0.2) is 13.1 Å². The van der Waals surface area contributed by atoms with E-state index in [4.69, 9.17) is 9.15 Å². The fourth-order valence-electron chi connectivity index (χ4n) is 2.06. The van der Waals surface area contributed by atoms with Crippen LogP contribution in [0.15, 0.2) is 39.6 Å². The van der Waals surface area contributed by atoms with Crippen molar-refractivity contribution in [2.24, 2.45) is 0 Å². The Labute approximate surface area is 125 Å². The summed E-state index contributed by atoms with van der Waals surface area (Å²) in [5.74, 6) is 1.99. The summed E-state index contributed by atoms with van der Waals surface area (Å²) < 4.78 is 37.9. The molecule has 0 amide bonds. The number of furan rings is 1. The summed E-state index contributed by atoms with van der Waals surface area (Å²) in [5, 5.41) is 0. The number of rotatable bonds is 5. The van der Waals surface area contributed by atoms with Gasteiger partial charge in [0.25, 0.3) is 0 Å². The molecular formula is C15H19NO4S. The van der Waals surface area contributed by atoms with Gasteiger partial charge < -0.3 is 9.15 Å². The van der Waals surface area contributed by atoms with Gasteiger partial charge in [0.05, 0.1) is 18.0 Å². The molecule has 1 aromatic heterocycles. The van der Waals surface area contributed by atoms with E-state index in [0.29, 0.717) is 11.5 Å². The molecule has 0 bridgehead atoms. The number of ether oxygens (including phenoxy) is 1. The van der Waals surface area contributed by atoms with E-state index < -0.39 is 16.1 Å². The third-order valence-corrected chi connectivity index (χ3v) is 4.73. The smallest absolute Gasteiger partial charge is 0.241 e. The molecule has 6 heteroatoms. The monoisotopic (exact) mass is 309 g/mol. The Morgan fingerprint density at radius 2 is 1.90 bits per heavy atom. The minimum Gasteiger partial charge on any atom is -0.496 e. The van der Waals surface area contributed by atoms with Gasteiger partial charge in [0.2, 0.25) is 10.0 Å². The lowest BCUT2D eigenvalue weighted by Gasteiger charge is -2.13. The maximum absolute atomic E-state index is 12.4. The summed E-state index contributed by atoms with van der Waals surface area (Å²) in [5.41, 5.74) is 0.766. The Morgan fingerprint density at radius 3 is 2.43 bits per heavy atom. The highest BCUT2D eigenvalue weighted by atomic mass is 32.2. The van der Waals surface area contributed by atoms with E-state index in [0.717, 1.165) is 11.3 Å². The van der Waals surface area contributed by atoms with Crippen molar-refractivity contribution in [3.8, 4) is 5.75 Å². The van der Waals surface area contributed by atoms with Gasteiger partial charge in [0, 0.05) is 0 Å². The van der Waals surface area contributed by atoms with E-state index in [1.165, 1.54) is 6.07 Å². The van der Waals surface area contributed by atoms with Crippen molar-refractivity contribution in [2.75, 3.05) is 7.11 Å². The summed E-state index contributed by atoms with van der Waals surface area (Å²) in [6.45, 7) is 5.36. The number of aryl methyl sites for hydroxylation is 2. The maximum Gasteiger partial charge on any atom is 0.241 e. The quantitative estimate of drug-likeness (QED) is 0.922. The summed E-state index contributed by atoms with van der Waals surface area (Å²) >= 11 is 0. The molecule has 21 heavy (non-hydrogen) atoms. The van der Waals surface area contributed by atoms with E-state index >= 15 is 0 Å². The molecule has 1 atom stereocenters. The highest BCUT2D eigenvalue weighted by Crippen LogP contribution is 2.23. The summed E-state index contributed by atoms with van der Waals surface area (Å²) in [6.07, 6.45) is 0. The number of methoxy groups -OCH3 is 1. The molecule has 1 aromatic carbocycles. The maximum atomic E-state index is 12.4. The highest BCUT2D eigenvalue weighted by molar-refractivity contribution is 7.89. The fraction of sp³-hybridized carbons (Fsp3) is 0.333. The molecule has 2 aromatic rings. The van der Waals surface area contributed by atoms with Crippen LogP contribution in [0.5, 0.6) is 5.75 Å². The Kier molecular flexibility index (Phi) is 4.39. The summed E-state index contributed by atoms with van der Waals surface area (Å²) in [7, 11) is -2.06. The molecule has 0 aliphatic carbocycles. The number of nitrogens with one attached hydrogen (secondary N) is 1. The van der Waals surface area contributed by atoms with Crippen molar-refractivity contribution in [1.29, 1.82) is 0 Å². The minimum atomic E-state index is -3.61. The lowest BCUT2D eigenvalue weighted by atomic mass is 10.2. The molecule has 0 radical (unpaired) electrons. The molecule has 1 N–H and O–H groups in total. The average Bonchev–Trinajstić information content (AvgIpc) is 2.85. The normalized spacial score (nSPS) is 13.1. The van der Waals surface area contributed by atoms with E-state index in [9.17, 15) is 8.42 Å². The molecule has 2 rings (SSSR count). The van der Waals surface area contributed by atoms with Crippen LogP contribution in [-0.4, -0.2) is 15.5 Å². The van der Waals surface area contributed by atoms with Gasteiger partial charge in [-0.3, -0.25) is 0 Å². The third-order valence-electron chi connectivity index (χ3n) is 3.20. The minimum absolute atomic E-state index is 0.205. The summed E-state index contributed by atoms with van der Waals surface area (Å²) in [4.78, 5) is 0.205. The van der Waals surface area contributed by atoms with Crippen molar-refractivity contribution in [1.82, 2.24) is 4.72 Å². The van der Waals surface area contributed by atoms with E-state index in [-0.39, 0.29) is 4.90 Å². The standard InChI is InChI=1S/C15H19NO4S/c1-10-9-13(6-8-14(10)19-4)21(17,18)16-12(3)15-7-5-11(2)20-15/h5-9,12,16H,1-4H3/t12-/m1/s1. The lowest BCUT2D eigenvalue weighted by Crippen LogP contribution is -2.26. The second-order valence-corrected chi connectivity index (χ2v) is 6.64. The molecule has 5 nitrogen and oxygen atoms in total. The Balaban J connectivity index is 2.24. The third kappa shape index (κ3) is 3.46. The van der Waals surface area contributed by atoms with E-state index in [2.05, 4.69) is 4.72 Å². The topological polar surface area (TPSA) is 68.5 Å². The van der Waals surface area contributed by atoms with Crippen LogP contribution in [0, 0.1) is 13.8 Å². The van der Waals surface area contributed by atoms with Crippen LogP contribution in [0.25, 0.3) is 0 Å². The molecule has 114 valence electrons. The van der Waals surface area contributed by atoms with Gasteiger partial charge >= 0.3 is 0 Å². The van der Waals surface area contributed by atoms with Gasteiger partial charge in [0.15, 0.2) is 0 Å². The number of benzene rings is 1. The van der Waals surface area contributed by atoms with Crippen molar-refractivity contribution in [3.05, 3.63) is 47.4 Å². The van der Waals surface area contributed by atoms with Gasteiger partial charge in [0.1, 0.15) is 17.3 Å². The molecule has 0 unspecified atom stereocenters. The van der Waals surface area contributed by atoms with Gasteiger partial charge in [-0.1, -0.05) is 0 Å². The van der Waals surface area contributed by atoms with Crippen LogP contribution >= 0.6 is 0 Å². The van der Waals surface area contributed by atoms with Crippen molar-refractivity contribution < 1.29 is 17.6 Å². The Bertz CT molecular complexity index is 734. The first-order chi connectivity index (χ1) is 9.83. The number of hydrogen-bond donors (Lipinski definition) is 1. The Hall–Kier alpha value is -1.79. The van der Waals surface area contributed by atoms with E-state index in [1.807, 2.05) is 6.92 Å². The zero-order valence-electron chi connectivity index (χ0n) is 12.5. The van der Waals surface area contributed by atoms with Gasteiger partial charge in [-0.15, -0.1) is 0 Å². The predicted molar refractivity (Wildman–Crippen MR) is 79.9 cm³/mol. The van der Waals surface area contributed by atoms with Gasteiger partial charge in [-0.05, 0) is 56.7 Å². The van der Waals surface area contributed by atoms with Crippen LogP contribution < -0.4 is 9.46 Å². The first-order valence-electron chi connectivity index (χ1n) is 6.57. The van der Waals surface area contributed by atoms with Crippen LogP contribution in [0.2, 0.25) is 0 Å². The predicted octanol–water partition coefficient (Wildman–Crippen LogP) is 2.94. The molecule has 0 saturated carbocycles. The fourth-order valence-corrected chi connectivity index (χ4v) is 3.36. The lowest BCUT2D eigenvalue weighted by molar-refractivity contribution is 0.411. The van der Waals surface area contributed by atoms with Crippen molar-refractivity contribution >= 4 is 10.0 Å². The molecule has 0 aliphatic rings. The SMILES string of the molecule is COc1ccc(S(=O)(=O)N[C@H](C)c2ccc(C)o2)cc1C. The van der Waals surface area contributed by atoms with Crippen LogP contribution in [0.3, 0.4) is 0 Å². The average molecular weight is 309 g/mol. The molecular weight excluding hydrogens is 290 g/mol. The largest absolute Gasteiger partial charge is 0.496 e. The molecule has 0 aliphatic heterocycles. The zero-order chi connectivity index (χ0) is 15.6. The second kappa shape index (κ2) is 5.91. The van der Waals surface area contributed by atoms with Crippen molar-refractivity contribution in [2.45, 2.75) is 31.7 Å². The molecule has 0 spiro atoms. The first kappa shape index (κ1) is 15.6. The van der Waals surface area contributed by atoms with E-state index in [1.54, 1.807) is 45.2 Å². The molecule has 0 fully saturated rings. The van der Waals surface area contributed by atoms with Crippen LogP contribution in [0.4, 0.5) is 0 Å². The van der Waals surface area contributed by atoms with Crippen LogP contribution in [0.1, 0.15) is 30.0 Å². The van der Waals surface area contributed by atoms with Gasteiger partial charge in [-0.2, -0.15) is 0 Å². The summed E-state index contributed by atoms with van der Waals surface area (Å²) in [6, 6.07) is 7.88. The van der Waals surface area contributed by atoms with Crippen molar-refractivity contribution in [3.63, 3.8) is 0 Å². The molecule has 1 heterocycles. The Morgan fingerprint density at radius 1 is 1.19 bits per heavy atom.